The van der Waals surface area contributed by atoms with Crippen LogP contribution >= 0.6 is 0 Å². The monoisotopic (exact) mass is 220 g/mol. The molecule has 0 unspecified atom stereocenters. The van der Waals surface area contributed by atoms with Gasteiger partial charge in [-0.1, -0.05) is 6.07 Å². The number of anilines is 1. The number of aryl methyl sites for hydroxylation is 1. The molecule has 5 heteroatoms. The summed E-state index contributed by atoms with van der Waals surface area (Å²) in [4.78, 5) is 2.30. The summed E-state index contributed by atoms with van der Waals surface area (Å²) in [5, 5.41) is 21.6. The molecule has 0 bridgehead atoms. The van der Waals surface area contributed by atoms with E-state index in [2.05, 4.69) is 10.2 Å². The Morgan fingerprint density at radius 3 is 2.50 bits per heavy atom. The fourth-order valence-electron chi connectivity index (χ4n) is 2.07. The number of nitrogens with zero attached hydrogens (tertiary/aromatic N) is 1. The highest BCUT2D eigenvalue weighted by atomic mass is 16.4. The summed E-state index contributed by atoms with van der Waals surface area (Å²) in [7, 11) is -1.38. The highest BCUT2D eigenvalue weighted by Gasteiger charge is 2.16. The minimum Gasteiger partial charge on any atom is -0.423 e. The Bertz CT molecular complexity index is 365. The summed E-state index contributed by atoms with van der Waals surface area (Å²) in [6, 6.07) is 5.75. The zero-order valence-electron chi connectivity index (χ0n) is 9.48. The molecule has 0 aliphatic carbocycles. The number of hydrogen-bond donors (Lipinski definition) is 3. The Morgan fingerprint density at radius 1 is 1.25 bits per heavy atom. The molecule has 1 fully saturated rings. The molecular weight excluding hydrogens is 203 g/mol. The van der Waals surface area contributed by atoms with E-state index in [0.29, 0.717) is 5.46 Å². The Labute approximate surface area is 96.0 Å². The molecule has 1 heterocycles. The van der Waals surface area contributed by atoms with Crippen LogP contribution in [0.2, 0.25) is 0 Å². The molecule has 0 aromatic heterocycles. The highest BCUT2D eigenvalue weighted by molar-refractivity contribution is 6.59. The van der Waals surface area contributed by atoms with Crippen molar-refractivity contribution >= 4 is 18.3 Å². The van der Waals surface area contributed by atoms with Gasteiger partial charge in [-0.15, -0.1) is 0 Å². The maximum atomic E-state index is 9.14. The van der Waals surface area contributed by atoms with Crippen molar-refractivity contribution in [3.8, 4) is 0 Å². The molecule has 0 radical (unpaired) electrons. The zero-order chi connectivity index (χ0) is 11.5. The van der Waals surface area contributed by atoms with E-state index in [1.54, 1.807) is 6.07 Å². The van der Waals surface area contributed by atoms with Crippen molar-refractivity contribution in [2.75, 3.05) is 31.1 Å². The van der Waals surface area contributed by atoms with Crippen molar-refractivity contribution in [1.29, 1.82) is 0 Å². The average Bonchev–Trinajstić information content (AvgIpc) is 2.29. The van der Waals surface area contributed by atoms with Gasteiger partial charge in [-0.3, -0.25) is 0 Å². The second-order valence-corrected chi connectivity index (χ2v) is 4.15. The average molecular weight is 220 g/mol. The van der Waals surface area contributed by atoms with Gasteiger partial charge in [-0.25, -0.2) is 0 Å². The smallest absolute Gasteiger partial charge is 0.423 e. The van der Waals surface area contributed by atoms with E-state index >= 15 is 0 Å². The Balaban J connectivity index is 2.19. The number of nitrogens with one attached hydrogen (secondary N) is 1. The standard InChI is InChI=1S/C11H17BN2O2/c1-9-8-10(2-3-11(9)12(15)16)14-6-4-13-5-7-14/h2-3,8,13,15-16H,4-7H2,1H3. The number of piperazine rings is 1. The molecule has 3 N–H and O–H groups in total. The number of benzene rings is 1. The molecule has 1 saturated heterocycles. The molecule has 0 atom stereocenters. The van der Waals surface area contributed by atoms with Crippen LogP contribution in [0, 0.1) is 6.92 Å². The van der Waals surface area contributed by atoms with E-state index in [1.807, 2.05) is 19.1 Å². The summed E-state index contributed by atoms with van der Waals surface area (Å²) in [6.45, 7) is 5.91. The van der Waals surface area contributed by atoms with E-state index in [1.165, 1.54) is 0 Å². The van der Waals surface area contributed by atoms with Crippen LogP contribution in [-0.2, 0) is 0 Å². The quantitative estimate of drug-likeness (QED) is 0.564. The molecule has 2 rings (SSSR count). The first-order valence-electron chi connectivity index (χ1n) is 5.61. The number of hydrogen-bond acceptors (Lipinski definition) is 4. The lowest BCUT2D eigenvalue weighted by atomic mass is 9.77. The Morgan fingerprint density at radius 2 is 1.94 bits per heavy atom. The molecule has 4 nitrogen and oxygen atoms in total. The van der Waals surface area contributed by atoms with Gasteiger partial charge in [0.2, 0.25) is 0 Å². The first-order valence-corrected chi connectivity index (χ1v) is 5.61. The predicted molar refractivity (Wildman–Crippen MR) is 66.1 cm³/mol. The lowest BCUT2D eigenvalue weighted by molar-refractivity contribution is 0.425. The van der Waals surface area contributed by atoms with Gasteiger partial charge in [0, 0.05) is 31.9 Å². The van der Waals surface area contributed by atoms with E-state index in [-0.39, 0.29) is 0 Å². The van der Waals surface area contributed by atoms with Crippen molar-refractivity contribution in [2.45, 2.75) is 6.92 Å². The summed E-state index contributed by atoms with van der Waals surface area (Å²) in [6.07, 6.45) is 0. The predicted octanol–water partition coefficient (Wildman–Crippen LogP) is -0.916. The molecule has 86 valence electrons. The lowest BCUT2D eigenvalue weighted by Gasteiger charge is -2.30. The third kappa shape index (κ3) is 2.37. The van der Waals surface area contributed by atoms with E-state index in [4.69, 9.17) is 10.0 Å². The van der Waals surface area contributed by atoms with Crippen LogP contribution in [0.1, 0.15) is 5.56 Å². The summed E-state index contributed by atoms with van der Waals surface area (Å²) >= 11 is 0. The molecule has 1 aliphatic rings. The summed E-state index contributed by atoms with van der Waals surface area (Å²) in [5.74, 6) is 0. The first kappa shape index (κ1) is 11.5. The lowest BCUT2D eigenvalue weighted by Crippen LogP contribution is -2.43. The summed E-state index contributed by atoms with van der Waals surface area (Å²) < 4.78 is 0. The van der Waals surface area contributed by atoms with Crippen LogP contribution in [0.4, 0.5) is 5.69 Å². The van der Waals surface area contributed by atoms with E-state index in [0.717, 1.165) is 37.4 Å². The third-order valence-electron chi connectivity index (χ3n) is 3.01. The SMILES string of the molecule is Cc1cc(N2CCNCC2)ccc1B(O)O. The van der Waals surface area contributed by atoms with Gasteiger partial charge in [0.1, 0.15) is 0 Å². The normalized spacial score (nSPS) is 16.3. The molecule has 0 amide bonds. The van der Waals surface area contributed by atoms with Crippen molar-refractivity contribution in [1.82, 2.24) is 5.32 Å². The van der Waals surface area contributed by atoms with Crippen LogP contribution in [0.5, 0.6) is 0 Å². The van der Waals surface area contributed by atoms with Crippen molar-refractivity contribution in [2.24, 2.45) is 0 Å². The minimum absolute atomic E-state index is 0.582. The van der Waals surface area contributed by atoms with Crippen LogP contribution in [0.3, 0.4) is 0 Å². The molecular formula is C11H17BN2O2. The Kier molecular flexibility index (Phi) is 3.48. The second kappa shape index (κ2) is 4.87. The largest absolute Gasteiger partial charge is 0.488 e. The first-order chi connectivity index (χ1) is 7.68. The van der Waals surface area contributed by atoms with Crippen molar-refractivity contribution in [3.63, 3.8) is 0 Å². The molecule has 0 spiro atoms. The maximum Gasteiger partial charge on any atom is 0.488 e. The minimum atomic E-state index is -1.38. The van der Waals surface area contributed by atoms with Crippen molar-refractivity contribution < 1.29 is 10.0 Å². The fourth-order valence-corrected chi connectivity index (χ4v) is 2.07. The van der Waals surface area contributed by atoms with Crippen LogP contribution in [0.15, 0.2) is 18.2 Å². The van der Waals surface area contributed by atoms with Gasteiger partial charge in [0.25, 0.3) is 0 Å². The van der Waals surface area contributed by atoms with Gasteiger partial charge >= 0.3 is 7.12 Å². The van der Waals surface area contributed by atoms with Gasteiger partial charge in [-0.2, -0.15) is 0 Å². The van der Waals surface area contributed by atoms with Crippen LogP contribution < -0.4 is 15.7 Å². The van der Waals surface area contributed by atoms with Gasteiger partial charge < -0.3 is 20.3 Å². The van der Waals surface area contributed by atoms with Gasteiger partial charge in [-0.05, 0) is 30.1 Å². The van der Waals surface area contributed by atoms with E-state index in [9.17, 15) is 0 Å². The van der Waals surface area contributed by atoms with E-state index < -0.39 is 7.12 Å². The second-order valence-electron chi connectivity index (χ2n) is 4.15. The highest BCUT2D eigenvalue weighted by Crippen LogP contribution is 2.15. The summed E-state index contributed by atoms with van der Waals surface area (Å²) in [5.41, 5.74) is 2.66. The van der Waals surface area contributed by atoms with Crippen molar-refractivity contribution in [3.05, 3.63) is 23.8 Å². The zero-order valence-corrected chi connectivity index (χ0v) is 9.48. The molecule has 1 aliphatic heterocycles. The third-order valence-corrected chi connectivity index (χ3v) is 3.01. The maximum absolute atomic E-state index is 9.14. The van der Waals surface area contributed by atoms with Gasteiger partial charge in [0.15, 0.2) is 0 Å². The molecule has 0 saturated carbocycles. The van der Waals surface area contributed by atoms with Crippen LogP contribution in [0.25, 0.3) is 0 Å². The van der Waals surface area contributed by atoms with Gasteiger partial charge in [0.05, 0.1) is 0 Å². The topological polar surface area (TPSA) is 55.7 Å². The number of rotatable bonds is 2. The van der Waals surface area contributed by atoms with Crippen LogP contribution in [-0.4, -0.2) is 43.3 Å². The molecule has 16 heavy (non-hydrogen) atoms. The molecule has 1 aromatic carbocycles. The Hall–Kier alpha value is -1.04. The molecule has 1 aromatic rings. The fraction of sp³-hybridized carbons (Fsp3) is 0.455.